The van der Waals surface area contributed by atoms with Crippen LogP contribution in [0.15, 0.2) is 83.8 Å². The molecule has 8 heteroatoms. The van der Waals surface area contributed by atoms with Crippen molar-refractivity contribution >= 4 is 21.6 Å². The Morgan fingerprint density at radius 1 is 1.00 bits per heavy atom. The second-order valence-corrected chi connectivity index (χ2v) is 10.3. The Morgan fingerprint density at radius 3 is 2.23 bits per heavy atom. The van der Waals surface area contributed by atoms with E-state index in [4.69, 9.17) is 4.74 Å². The number of sulfonamides is 1. The van der Waals surface area contributed by atoms with Gasteiger partial charge in [0, 0.05) is 24.3 Å². The van der Waals surface area contributed by atoms with Gasteiger partial charge in [0.05, 0.1) is 17.6 Å². The molecule has 3 aromatic carbocycles. The van der Waals surface area contributed by atoms with Crippen LogP contribution < -0.4 is 9.46 Å². The normalized spacial score (nSPS) is 15.4. The van der Waals surface area contributed by atoms with Gasteiger partial charge < -0.3 is 14.7 Å². The van der Waals surface area contributed by atoms with E-state index >= 15 is 0 Å². The van der Waals surface area contributed by atoms with Crippen LogP contribution in [0.1, 0.15) is 41.8 Å². The van der Waals surface area contributed by atoms with Crippen LogP contribution in [0.4, 0.5) is 5.69 Å². The fourth-order valence-corrected chi connectivity index (χ4v) is 5.36. The molecule has 0 spiro atoms. The van der Waals surface area contributed by atoms with Gasteiger partial charge >= 0.3 is 0 Å². The Morgan fingerprint density at radius 2 is 1.63 bits per heavy atom. The topological polar surface area (TPSA) is 95.9 Å². The van der Waals surface area contributed by atoms with Crippen LogP contribution in [0.2, 0.25) is 0 Å². The molecule has 1 aliphatic rings. The summed E-state index contributed by atoms with van der Waals surface area (Å²) in [4.78, 5) is 14.8. The zero-order valence-electron chi connectivity index (χ0n) is 19.6. The van der Waals surface area contributed by atoms with Crippen LogP contribution in [0.25, 0.3) is 0 Å². The molecule has 1 saturated heterocycles. The third-order valence-corrected chi connectivity index (χ3v) is 7.64. The molecular weight excluding hydrogens is 464 g/mol. The second-order valence-electron chi connectivity index (χ2n) is 8.57. The number of likely N-dealkylation sites (tertiary alicyclic amines) is 1. The van der Waals surface area contributed by atoms with Crippen molar-refractivity contribution in [1.29, 1.82) is 0 Å². The Hall–Kier alpha value is -3.36. The summed E-state index contributed by atoms with van der Waals surface area (Å²) in [5, 5.41) is 10.7. The molecule has 4 rings (SSSR count). The molecule has 0 aromatic heterocycles. The van der Waals surface area contributed by atoms with E-state index in [1.165, 1.54) is 12.1 Å². The molecular formula is C27H30N2O5S. The Bertz CT molecular complexity index is 1220. The largest absolute Gasteiger partial charge is 0.494 e. The smallest absolute Gasteiger partial charge is 0.261 e. The maximum Gasteiger partial charge on any atom is 0.261 e. The molecule has 1 unspecified atom stereocenters. The van der Waals surface area contributed by atoms with E-state index in [1.807, 2.05) is 37.3 Å². The van der Waals surface area contributed by atoms with Crippen molar-refractivity contribution in [3.8, 4) is 5.75 Å². The van der Waals surface area contributed by atoms with Crippen molar-refractivity contribution in [2.75, 3.05) is 24.4 Å². The van der Waals surface area contributed by atoms with Gasteiger partial charge in [-0.2, -0.15) is 0 Å². The van der Waals surface area contributed by atoms with Crippen LogP contribution in [0, 0.1) is 5.92 Å². The zero-order valence-corrected chi connectivity index (χ0v) is 20.4. The Balaban J connectivity index is 1.35. The summed E-state index contributed by atoms with van der Waals surface area (Å²) in [5.74, 6) is 0.626. The molecule has 1 heterocycles. The van der Waals surface area contributed by atoms with E-state index in [-0.39, 0.29) is 16.7 Å². The predicted octanol–water partition coefficient (Wildman–Crippen LogP) is 4.47. The van der Waals surface area contributed by atoms with E-state index in [1.54, 1.807) is 41.3 Å². The number of carbonyl (C=O) groups excluding carboxylic acids is 1. The van der Waals surface area contributed by atoms with Gasteiger partial charge in [-0.1, -0.05) is 30.3 Å². The number of ether oxygens (including phenoxy) is 1. The minimum absolute atomic E-state index is 0.0765. The lowest BCUT2D eigenvalue weighted by molar-refractivity contribution is 0.0462. The van der Waals surface area contributed by atoms with Crippen molar-refractivity contribution < 1.29 is 23.1 Å². The highest BCUT2D eigenvalue weighted by atomic mass is 32.2. The van der Waals surface area contributed by atoms with Gasteiger partial charge in [-0.05, 0) is 79.8 Å². The maximum absolute atomic E-state index is 13.0. The molecule has 0 radical (unpaired) electrons. The molecule has 1 fully saturated rings. The van der Waals surface area contributed by atoms with Gasteiger partial charge in [-0.3, -0.25) is 9.52 Å². The highest BCUT2D eigenvalue weighted by Crippen LogP contribution is 2.31. The Labute approximate surface area is 206 Å². The number of rotatable bonds is 8. The van der Waals surface area contributed by atoms with Gasteiger partial charge in [0.25, 0.3) is 15.9 Å². The number of carbonyl (C=O) groups is 1. The summed E-state index contributed by atoms with van der Waals surface area (Å²) < 4.78 is 33.4. The highest BCUT2D eigenvalue weighted by Gasteiger charge is 2.29. The molecule has 0 aliphatic carbocycles. The van der Waals surface area contributed by atoms with E-state index < -0.39 is 16.1 Å². The molecule has 7 nitrogen and oxygen atoms in total. The quantitative estimate of drug-likeness (QED) is 0.482. The summed E-state index contributed by atoms with van der Waals surface area (Å²) in [5.41, 5.74) is 1.76. The zero-order chi connectivity index (χ0) is 24.8. The van der Waals surface area contributed by atoms with E-state index in [0.29, 0.717) is 49.5 Å². The number of hydrogen-bond acceptors (Lipinski definition) is 5. The number of nitrogens with zero attached hydrogens (tertiary/aromatic N) is 1. The minimum Gasteiger partial charge on any atom is -0.494 e. The SMILES string of the molecule is CCOc1ccc(NS(=O)(=O)c2ccc(C(=O)N3CCC(C(O)c4ccccc4)CC3)cc2)cc1. The van der Waals surface area contributed by atoms with Gasteiger partial charge in [0.2, 0.25) is 0 Å². The standard InChI is InChI=1S/C27H30N2O5S/c1-2-34-24-12-10-23(11-13-24)28-35(32,33)25-14-8-22(9-15-25)27(31)29-18-16-21(17-19-29)26(30)20-6-4-3-5-7-20/h3-15,21,26,28,30H,2,16-19H2,1H3. The van der Waals surface area contributed by atoms with Gasteiger partial charge in [-0.15, -0.1) is 0 Å². The van der Waals surface area contributed by atoms with Crippen molar-refractivity contribution in [3.05, 3.63) is 90.0 Å². The number of nitrogens with one attached hydrogen (secondary N) is 1. The number of piperidine rings is 1. The molecule has 3 aromatic rings. The Kier molecular flexibility index (Phi) is 7.73. The number of amides is 1. The number of benzene rings is 3. The summed E-state index contributed by atoms with van der Waals surface area (Å²) in [6.07, 6.45) is 0.876. The predicted molar refractivity (Wildman–Crippen MR) is 135 cm³/mol. The first-order valence-electron chi connectivity index (χ1n) is 11.8. The van der Waals surface area contributed by atoms with Gasteiger partial charge in [0.1, 0.15) is 5.75 Å². The van der Waals surface area contributed by atoms with Crippen LogP contribution in [0.5, 0.6) is 5.75 Å². The molecule has 2 N–H and O–H groups in total. The molecule has 184 valence electrons. The molecule has 35 heavy (non-hydrogen) atoms. The van der Waals surface area contributed by atoms with Crippen molar-refractivity contribution in [2.45, 2.75) is 30.8 Å². The molecule has 1 amide bonds. The molecule has 0 bridgehead atoms. The fourth-order valence-electron chi connectivity index (χ4n) is 4.30. The lowest BCUT2D eigenvalue weighted by Crippen LogP contribution is -2.39. The minimum atomic E-state index is -3.79. The first-order valence-corrected chi connectivity index (χ1v) is 13.2. The summed E-state index contributed by atoms with van der Waals surface area (Å²) in [6.45, 7) is 3.51. The fraction of sp³-hybridized carbons (Fsp3) is 0.296. The average Bonchev–Trinajstić information content (AvgIpc) is 2.90. The van der Waals surface area contributed by atoms with Crippen LogP contribution in [-0.2, 0) is 10.0 Å². The summed E-state index contributed by atoms with van der Waals surface area (Å²) in [6, 6.07) is 22.2. The number of aliphatic hydroxyl groups is 1. The van der Waals surface area contributed by atoms with E-state index in [0.717, 1.165) is 5.56 Å². The molecule has 1 atom stereocenters. The van der Waals surface area contributed by atoms with Crippen LogP contribution in [-0.4, -0.2) is 44.0 Å². The van der Waals surface area contributed by atoms with Crippen LogP contribution >= 0.6 is 0 Å². The van der Waals surface area contributed by atoms with E-state index in [2.05, 4.69) is 4.72 Å². The lowest BCUT2D eigenvalue weighted by Gasteiger charge is -2.34. The number of hydrogen-bond donors (Lipinski definition) is 2. The van der Waals surface area contributed by atoms with Crippen molar-refractivity contribution in [3.63, 3.8) is 0 Å². The molecule has 0 saturated carbocycles. The third-order valence-electron chi connectivity index (χ3n) is 6.24. The van der Waals surface area contributed by atoms with Gasteiger partial charge in [-0.25, -0.2) is 8.42 Å². The number of aliphatic hydroxyl groups excluding tert-OH is 1. The van der Waals surface area contributed by atoms with Crippen molar-refractivity contribution in [1.82, 2.24) is 4.90 Å². The average molecular weight is 495 g/mol. The third kappa shape index (κ3) is 6.01. The second kappa shape index (κ2) is 10.9. The monoisotopic (exact) mass is 494 g/mol. The first kappa shape index (κ1) is 24.8. The number of anilines is 1. The van der Waals surface area contributed by atoms with Gasteiger partial charge in [0.15, 0.2) is 0 Å². The first-order chi connectivity index (χ1) is 16.9. The molecule has 1 aliphatic heterocycles. The highest BCUT2D eigenvalue weighted by molar-refractivity contribution is 7.92. The summed E-state index contributed by atoms with van der Waals surface area (Å²) in [7, 11) is -3.79. The lowest BCUT2D eigenvalue weighted by atomic mass is 9.87. The van der Waals surface area contributed by atoms with Crippen LogP contribution in [0.3, 0.4) is 0 Å². The van der Waals surface area contributed by atoms with Crippen molar-refractivity contribution in [2.24, 2.45) is 5.92 Å². The van der Waals surface area contributed by atoms with E-state index in [9.17, 15) is 18.3 Å². The summed E-state index contributed by atoms with van der Waals surface area (Å²) >= 11 is 0. The maximum atomic E-state index is 13.0.